The Kier molecular flexibility index (Phi) is 2.72. The monoisotopic (exact) mass is 221 g/mol. The van der Waals surface area contributed by atoms with Crippen molar-refractivity contribution in [3.05, 3.63) is 28.6 Å². The molecule has 2 heterocycles. The topological polar surface area (TPSA) is 81.0 Å². The zero-order chi connectivity index (χ0) is 11.5. The molecular formula is C10H11N3O3. The zero-order valence-corrected chi connectivity index (χ0v) is 8.98. The summed E-state index contributed by atoms with van der Waals surface area (Å²) in [6.45, 7) is 1.95. The standard InChI is InChI=1S/C10H11N3O3/c1-3-6-4-11-10(16-6)7-8(15-2)9(14)13-5-12-7/h4-5H,3H2,1-2H3,(H,12,13,14). The summed E-state index contributed by atoms with van der Waals surface area (Å²) < 4.78 is 10.4. The molecule has 6 heteroatoms. The summed E-state index contributed by atoms with van der Waals surface area (Å²) in [5.41, 5.74) is -0.0466. The lowest BCUT2D eigenvalue weighted by molar-refractivity contribution is 0.404. The van der Waals surface area contributed by atoms with Gasteiger partial charge in [-0.25, -0.2) is 9.97 Å². The summed E-state index contributed by atoms with van der Waals surface area (Å²) in [6.07, 6.45) is 3.63. The van der Waals surface area contributed by atoms with Crippen molar-refractivity contribution >= 4 is 0 Å². The van der Waals surface area contributed by atoms with E-state index in [2.05, 4.69) is 15.0 Å². The van der Waals surface area contributed by atoms with Crippen LogP contribution < -0.4 is 10.3 Å². The van der Waals surface area contributed by atoms with Crippen LogP contribution in [0.25, 0.3) is 11.6 Å². The molecule has 0 spiro atoms. The van der Waals surface area contributed by atoms with Gasteiger partial charge in [0.1, 0.15) is 5.76 Å². The van der Waals surface area contributed by atoms with Crippen LogP contribution in [0.2, 0.25) is 0 Å². The van der Waals surface area contributed by atoms with Crippen LogP contribution in [0.15, 0.2) is 21.7 Å². The molecule has 0 saturated carbocycles. The molecule has 2 rings (SSSR count). The van der Waals surface area contributed by atoms with Crippen LogP contribution in [0.5, 0.6) is 5.75 Å². The predicted molar refractivity (Wildman–Crippen MR) is 56.3 cm³/mol. The van der Waals surface area contributed by atoms with E-state index in [1.165, 1.54) is 13.4 Å². The van der Waals surface area contributed by atoms with Gasteiger partial charge in [0.25, 0.3) is 5.56 Å². The van der Waals surface area contributed by atoms with Crippen LogP contribution in [0.3, 0.4) is 0 Å². The summed E-state index contributed by atoms with van der Waals surface area (Å²) in [7, 11) is 1.40. The molecule has 2 aromatic heterocycles. The van der Waals surface area contributed by atoms with Gasteiger partial charge in [-0.05, 0) is 0 Å². The van der Waals surface area contributed by atoms with Gasteiger partial charge in [0.2, 0.25) is 11.6 Å². The summed E-state index contributed by atoms with van der Waals surface area (Å²) in [6, 6.07) is 0. The molecular weight excluding hydrogens is 210 g/mol. The van der Waals surface area contributed by atoms with Gasteiger partial charge in [-0.3, -0.25) is 4.79 Å². The van der Waals surface area contributed by atoms with Crippen molar-refractivity contribution in [2.75, 3.05) is 7.11 Å². The number of H-pyrrole nitrogens is 1. The summed E-state index contributed by atoms with van der Waals surface area (Å²) >= 11 is 0. The maximum absolute atomic E-state index is 11.4. The molecule has 0 atom stereocenters. The van der Waals surface area contributed by atoms with Gasteiger partial charge < -0.3 is 14.1 Å². The number of ether oxygens (including phenoxy) is 1. The molecule has 0 aliphatic carbocycles. The van der Waals surface area contributed by atoms with E-state index in [-0.39, 0.29) is 11.3 Å². The number of nitrogens with one attached hydrogen (secondary N) is 1. The molecule has 0 fully saturated rings. The molecule has 6 nitrogen and oxygen atoms in total. The SMILES string of the molecule is CCc1cnc(-c2nc[nH]c(=O)c2OC)o1. The fourth-order valence-corrected chi connectivity index (χ4v) is 1.31. The van der Waals surface area contributed by atoms with E-state index in [0.29, 0.717) is 11.6 Å². The van der Waals surface area contributed by atoms with Gasteiger partial charge >= 0.3 is 0 Å². The van der Waals surface area contributed by atoms with Gasteiger partial charge in [0.15, 0.2) is 5.69 Å². The van der Waals surface area contributed by atoms with Crippen molar-refractivity contribution in [3.8, 4) is 17.3 Å². The van der Waals surface area contributed by atoms with E-state index >= 15 is 0 Å². The van der Waals surface area contributed by atoms with Gasteiger partial charge in [-0.2, -0.15) is 0 Å². The number of oxazole rings is 1. The predicted octanol–water partition coefficient (Wildman–Crippen LogP) is 0.996. The third-order valence-electron chi connectivity index (χ3n) is 2.12. The molecule has 0 saturated heterocycles. The quantitative estimate of drug-likeness (QED) is 0.836. The Balaban J connectivity index is 2.55. The third-order valence-corrected chi connectivity index (χ3v) is 2.12. The molecule has 0 bridgehead atoms. The lowest BCUT2D eigenvalue weighted by Crippen LogP contribution is -2.11. The number of hydrogen-bond acceptors (Lipinski definition) is 5. The van der Waals surface area contributed by atoms with Crippen molar-refractivity contribution in [2.24, 2.45) is 0 Å². The zero-order valence-electron chi connectivity index (χ0n) is 8.98. The van der Waals surface area contributed by atoms with E-state index in [9.17, 15) is 4.79 Å². The molecule has 0 aliphatic heterocycles. The first kappa shape index (κ1) is 10.4. The Morgan fingerprint density at radius 1 is 1.50 bits per heavy atom. The highest BCUT2D eigenvalue weighted by molar-refractivity contribution is 5.55. The highest BCUT2D eigenvalue weighted by atomic mass is 16.5. The van der Waals surface area contributed by atoms with Crippen LogP contribution in [0.4, 0.5) is 0 Å². The maximum atomic E-state index is 11.4. The number of nitrogens with zero attached hydrogens (tertiary/aromatic N) is 2. The number of aromatic amines is 1. The molecule has 0 amide bonds. The normalized spacial score (nSPS) is 10.4. The summed E-state index contributed by atoms with van der Waals surface area (Å²) in [4.78, 5) is 21.9. The van der Waals surface area contributed by atoms with E-state index in [1.54, 1.807) is 6.20 Å². The van der Waals surface area contributed by atoms with Crippen LogP contribution >= 0.6 is 0 Å². The second-order valence-electron chi connectivity index (χ2n) is 3.10. The Hall–Kier alpha value is -2.11. The highest BCUT2D eigenvalue weighted by Crippen LogP contribution is 2.23. The minimum absolute atomic E-state index is 0.104. The third kappa shape index (κ3) is 1.69. The molecule has 1 N–H and O–H groups in total. The van der Waals surface area contributed by atoms with Crippen molar-refractivity contribution < 1.29 is 9.15 Å². The lowest BCUT2D eigenvalue weighted by atomic mass is 10.3. The number of aromatic nitrogens is 3. The van der Waals surface area contributed by atoms with Gasteiger partial charge in [0.05, 0.1) is 19.6 Å². The Morgan fingerprint density at radius 3 is 2.94 bits per heavy atom. The summed E-state index contributed by atoms with van der Waals surface area (Å²) in [5, 5.41) is 0. The van der Waals surface area contributed by atoms with E-state index in [4.69, 9.17) is 9.15 Å². The average Bonchev–Trinajstić information content (AvgIpc) is 2.77. The Bertz CT molecular complexity index is 544. The first-order chi connectivity index (χ1) is 7.76. The first-order valence-corrected chi connectivity index (χ1v) is 4.83. The smallest absolute Gasteiger partial charge is 0.293 e. The summed E-state index contributed by atoms with van der Waals surface area (Å²) in [5.74, 6) is 1.13. The van der Waals surface area contributed by atoms with Crippen LogP contribution in [-0.2, 0) is 6.42 Å². The molecule has 0 aromatic carbocycles. The number of methoxy groups -OCH3 is 1. The minimum Gasteiger partial charge on any atom is -0.489 e. The molecule has 16 heavy (non-hydrogen) atoms. The van der Waals surface area contributed by atoms with Crippen LogP contribution in [0, 0.1) is 0 Å². The minimum atomic E-state index is -0.358. The number of hydrogen-bond donors (Lipinski definition) is 1. The van der Waals surface area contributed by atoms with Crippen LogP contribution in [-0.4, -0.2) is 22.1 Å². The van der Waals surface area contributed by atoms with Gasteiger partial charge in [-0.15, -0.1) is 0 Å². The number of rotatable bonds is 3. The van der Waals surface area contributed by atoms with Crippen molar-refractivity contribution in [2.45, 2.75) is 13.3 Å². The largest absolute Gasteiger partial charge is 0.489 e. The van der Waals surface area contributed by atoms with Gasteiger partial charge in [-0.1, -0.05) is 6.92 Å². The molecule has 0 aliphatic rings. The highest BCUT2D eigenvalue weighted by Gasteiger charge is 2.15. The lowest BCUT2D eigenvalue weighted by Gasteiger charge is -2.01. The molecule has 2 aromatic rings. The number of aryl methyl sites for hydroxylation is 1. The Morgan fingerprint density at radius 2 is 2.31 bits per heavy atom. The van der Waals surface area contributed by atoms with Crippen molar-refractivity contribution in [1.82, 2.24) is 15.0 Å². The van der Waals surface area contributed by atoms with Gasteiger partial charge in [0, 0.05) is 6.42 Å². The molecule has 0 radical (unpaired) electrons. The Labute approximate surface area is 91.3 Å². The molecule has 84 valence electrons. The fourth-order valence-electron chi connectivity index (χ4n) is 1.31. The molecule has 0 unspecified atom stereocenters. The van der Waals surface area contributed by atoms with E-state index in [0.717, 1.165) is 12.2 Å². The first-order valence-electron chi connectivity index (χ1n) is 4.83. The average molecular weight is 221 g/mol. The fraction of sp³-hybridized carbons (Fsp3) is 0.300. The van der Waals surface area contributed by atoms with Crippen molar-refractivity contribution in [3.63, 3.8) is 0 Å². The van der Waals surface area contributed by atoms with Crippen molar-refractivity contribution in [1.29, 1.82) is 0 Å². The second kappa shape index (κ2) is 4.18. The van der Waals surface area contributed by atoms with E-state index in [1.807, 2.05) is 6.92 Å². The van der Waals surface area contributed by atoms with Crippen LogP contribution in [0.1, 0.15) is 12.7 Å². The van der Waals surface area contributed by atoms with E-state index < -0.39 is 0 Å². The second-order valence-corrected chi connectivity index (χ2v) is 3.10. The maximum Gasteiger partial charge on any atom is 0.293 e.